The van der Waals surface area contributed by atoms with Gasteiger partial charge in [0.05, 0.1) is 17.0 Å². The molecule has 0 saturated carbocycles. The molecule has 136 valence electrons. The summed E-state index contributed by atoms with van der Waals surface area (Å²) >= 11 is 5.55. The van der Waals surface area contributed by atoms with E-state index >= 15 is 0 Å². The molecule has 0 aromatic heterocycles. The second kappa shape index (κ2) is 8.56. The van der Waals surface area contributed by atoms with Crippen molar-refractivity contribution in [3.63, 3.8) is 0 Å². The Balaban J connectivity index is 2.62. The van der Waals surface area contributed by atoms with Crippen molar-refractivity contribution in [2.75, 3.05) is 6.61 Å². The number of benzene rings is 2. The van der Waals surface area contributed by atoms with E-state index in [0.29, 0.717) is 6.07 Å². The molecule has 0 spiro atoms. The van der Waals surface area contributed by atoms with Gasteiger partial charge in [-0.3, -0.25) is 0 Å². The van der Waals surface area contributed by atoms with Crippen molar-refractivity contribution < 1.29 is 31.5 Å². The summed E-state index contributed by atoms with van der Waals surface area (Å²) in [4.78, 5) is 8.82. The van der Waals surface area contributed by atoms with Crippen LogP contribution in [0.4, 0.5) is 17.6 Å². The maximum absolute atomic E-state index is 14.4. The van der Waals surface area contributed by atoms with Gasteiger partial charge < -0.3 is 0 Å². The minimum Gasteiger partial charge on any atom is -0.207 e. The monoisotopic (exact) mass is 406 g/mol. The van der Waals surface area contributed by atoms with Gasteiger partial charge in [0, 0.05) is 16.0 Å². The zero-order valence-electron chi connectivity index (χ0n) is 12.8. The highest BCUT2D eigenvalue weighted by Gasteiger charge is 2.35. The second-order valence-corrected chi connectivity index (χ2v) is 6.32. The fourth-order valence-corrected chi connectivity index (χ4v) is 2.96. The topological polar surface area (TPSA) is 70.3 Å². The standard InChI is InChI=1S/C16H9ClF4NO3P/c17-12-5-13(19)16(21)14(15(12)20)11(7-25-26(23)24)10(6-22)8-1-3-9(18)4-2-8/h1-5,10-11H,7H2/p+1. The normalized spacial score (nSPS) is 13.8. The van der Waals surface area contributed by atoms with E-state index in [1.54, 1.807) is 6.07 Å². The highest BCUT2D eigenvalue weighted by Crippen LogP contribution is 2.39. The van der Waals surface area contributed by atoms with Crippen molar-refractivity contribution in [3.05, 3.63) is 69.8 Å². The Morgan fingerprint density at radius 3 is 2.35 bits per heavy atom. The molecule has 3 atom stereocenters. The molecule has 2 aromatic rings. The average Bonchev–Trinajstić information content (AvgIpc) is 2.59. The summed E-state index contributed by atoms with van der Waals surface area (Å²) in [6.45, 7) is -0.783. The molecule has 26 heavy (non-hydrogen) atoms. The van der Waals surface area contributed by atoms with Gasteiger partial charge in [-0.2, -0.15) is 5.26 Å². The fraction of sp³-hybridized carbons (Fsp3) is 0.188. The Bertz CT molecular complexity index is 847. The molecule has 1 N–H and O–H groups in total. The lowest BCUT2D eigenvalue weighted by Gasteiger charge is -2.22. The third-order valence-electron chi connectivity index (χ3n) is 3.65. The number of nitriles is 1. The SMILES string of the molecule is N#CC(c1ccc(F)cc1)C(CO[P+](=O)O)c1c(F)c(F)cc(Cl)c1F. The van der Waals surface area contributed by atoms with E-state index in [1.165, 1.54) is 12.1 Å². The van der Waals surface area contributed by atoms with Gasteiger partial charge in [-0.05, 0) is 23.8 Å². The van der Waals surface area contributed by atoms with Gasteiger partial charge in [0.15, 0.2) is 11.6 Å². The first-order chi connectivity index (χ1) is 12.3. The molecule has 0 radical (unpaired) electrons. The summed E-state index contributed by atoms with van der Waals surface area (Å²) in [7, 11) is -3.15. The summed E-state index contributed by atoms with van der Waals surface area (Å²) in [6.07, 6.45) is 0. The Hall–Kier alpha value is -2.04. The van der Waals surface area contributed by atoms with Gasteiger partial charge in [0.1, 0.15) is 18.2 Å². The fourth-order valence-electron chi connectivity index (χ4n) is 2.47. The van der Waals surface area contributed by atoms with E-state index in [1.807, 2.05) is 0 Å². The Morgan fingerprint density at radius 1 is 1.19 bits per heavy atom. The molecule has 0 amide bonds. The van der Waals surface area contributed by atoms with Crippen LogP contribution in [0.15, 0.2) is 30.3 Å². The van der Waals surface area contributed by atoms with E-state index in [-0.39, 0.29) is 5.56 Å². The maximum Gasteiger partial charge on any atom is 0.694 e. The predicted molar refractivity (Wildman–Crippen MR) is 84.6 cm³/mol. The number of halogens is 5. The Morgan fingerprint density at radius 2 is 1.81 bits per heavy atom. The molecule has 0 heterocycles. The van der Waals surface area contributed by atoms with Crippen LogP contribution in [0.1, 0.15) is 23.0 Å². The van der Waals surface area contributed by atoms with Gasteiger partial charge in [0.25, 0.3) is 0 Å². The van der Waals surface area contributed by atoms with Crippen LogP contribution >= 0.6 is 19.9 Å². The van der Waals surface area contributed by atoms with E-state index < -0.39 is 60.6 Å². The van der Waals surface area contributed by atoms with E-state index in [0.717, 1.165) is 12.1 Å². The summed E-state index contributed by atoms with van der Waals surface area (Å²) in [6, 6.07) is 6.65. The minimum atomic E-state index is -3.15. The average molecular weight is 407 g/mol. The van der Waals surface area contributed by atoms with Crippen molar-refractivity contribution >= 4 is 19.9 Å². The third kappa shape index (κ3) is 4.37. The van der Waals surface area contributed by atoms with Crippen molar-refractivity contribution in [2.45, 2.75) is 11.8 Å². The smallest absolute Gasteiger partial charge is 0.207 e. The van der Waals surface area contributed by atoms with E-state index in [2.05, 4.69) is 4.52 Å². The second-order valence-electron chi connectivity index (χ2n) is 5.18. The molecule has 2 aromatic carbocycles. The molecule has 3 unspecified atom stereocenters. The van der Waals surface area contributed by atoms with Crippen molar-refractivity contribution in [3.8, 4) is 6.07 Å². The van der Waals surface area contributed by atoms with Crippen LogP contribution in [0.25, 0.3) is 0 Å². The van der Waals surface area contributed by atoms with Gasteiger partial charge in [-0.1, -0.05) is 23.7 Å². The largest absolute Gasteiger partial charge is 0.694 e. The first kappa shape index (κ1) is 20.3. The highest BCUT2D eigenvalue weighted by atomic mass is 35.5. The molecule has 10 heteroatoms. The lowest BCUT2D eigenvalue weighted by molar-refractivity contribution is 0.249. The van der Waals surface area contributed by atoms with Gasteiger partial charge >= 0.3 is 8.25 Å². The van der Waals surface area contributed by atoms with Crippen LogP contribution in [0.5, 0.6) is 0 Å². The molecule has 0 aliphatic heterocycles. The number of hydrogen-bond acceptors (Lipinski definition) is 3. The first-order valence-corrected chi connectivity index (χ1v) is 8.54. The van der Waals surface area contributed by atoms with Crippen LogP contribution in [0.2, 0.25) is 5.02 Å². The molecule has 4 nitrogen and oxygen atoms in total. The highest BCUT2D eigenvalue weighted by molar-refractivity contribution is 7.32. The molecule has 0 bridgehead atoms. The molecule has 0 saturated heterocycles. The van der Waals surface area contributed by atoms with Gasteiger partial charge in [-0.15, -0.1) is 9.42 Å². The molecule has 2 rings (SSSR count). The quantitative estimate of drug-likeness (QED) is 0.418. The zero-order valence-corrected chi connectivity index (χ0v) is 14.4. The molecule has 0 aliphatic carbocycles. The van der Waals surface area contributed by atoms with Gasteiger partial charge in [0.2, 0.25) is 0 Å². The van der Waals surface area contributed by atoms with Crippen molar-refractivity contribution in [1.82, 2.24) is 0 Å². The predicted octanol–water partition coefficient (Wildman–Crippen LogP) is 4.95. The van der Waals surface area contributed by atoms with Crippen LogP contribution in [-0.2, 0) is 9.09 Å². The first-order valence-electron chi connectivity index (χ1n) is 7.03. The summed E-state index contributed by atoms with van der Waals surface area (Å²) in [5, 5.41) is 8.73. The van der Waals surface area contributed by atoms with Crippen molar-refractivity contribution in [1.29, 1.82) is 5.26 Å². The molecule has 0 aliphatic rings. The number of rotatable bonds is 6. The van der Waals surface area contributed by atoms with E-state index in [9.17, 15) is 27.4 Å². The van der Waals surface area contributed by atoms with E-state index in [4.69, 9.17) is 16.5 Å². The molecular weight excluding hydrogens is 397 g/mol. The maximum atomic E-state index is 14.4. The number of hydrogen-bond donors (Lipinski definition) is 1. The van der Waals surface area contributed by atoms with Crippen LogP contribution in [0.3, 0.4) is 0 Å². The Kier molecular flexibility index (Phi) is 6.68. The number of nitrogens with zero attached hydrogens (tertiary/aromatic N) is 1. The van der Waals surface area contributed by atoms with Crippen molar-refractivity contribution in [2.24, 2.45) is 0 Å². The van der Waals surface area contributed by atoms with Crippen LogP contribution < -0.4 is 0 Å². The molecular formula is C16H10ClF4NO3P+. The lowest BCUT2D eigenvalue weighted by Crippen LogP contribution is -2.19. The van der Waals surface area contributed by atoms with Crippen LogP contribution in [0, 0.1) is 34.6 Å². The molecule has 0 fully saturated rings. The Labute approximate surface area is 151 Å². The van der Waals surface area contributed by atoms with Crippen LogP contribution in [-0.4, -0.2) is 11.5 Å². The summed E-state index contributed by atoms with van der Waals surface area (Å²) < 4.78 is 70.8. The minimum absolute atomic E-state index is 0.148. The summed E-state index contributed by atoms with van der Waals surface area (Å²) in [5.41, 5.74) is -0.752. The zero-order chi connectivity index (χ0) is 19.4. The third-order valence-corrected chi connectivity index (χ3v) is 4.30. The lowest BCUT2D eigenvalue weighted by atomic mass is 9.82. The van der Waals surface area contributed by atoms with Gasteiger partial charge in [-0.25, -0.2) is 17.6 Å². The summed E-state index contributed by atoms with van der Waals surface area (Å²) in [5.74, 6) is -7.86.